The Bertz CT molecular complexity index is 1850. The molecule has 0 unspecified atom stereocenters. The summed E-state index contributed by atoms with van der Waals surface area (Å²) in [7, 11) is 3.53. The molecule has 0 aromatic heterocycles. The summed E-state index contributed by atoms with van der Waals surface area (Å²) in [5, 5.41) is 18.4. The normalized spacial score (nSPS) is 23.6. The molecule has 4 saturated heterocycles. The smallest absolute Gasteiger partial charge is 0.247 e. The van der Waals surface area contributed by atoms with E-state index >= 15 is 0 Å². The summed E-state index contributed by atoms with van der Waals surface area (Å²) in [5.41, 5.74) is 2.21. The van der Waals surface area contributed by atoms with Gasteiger partial charge in [0, 0.05) is 11.4 Å². The number of nitrogens with zero attached hydrogens (tertiary/aromatic N) is 2. The van der Waals surface area contributed by atoms with Gasteiger partial charge in [-0.3, -0.25) is 24.0 Å². The number of thioether (sulfide) groups is 2. The number of hydrogen-bond donors (Lipinski definition) is 6. The van der Waals surface area contributed by atoms with E-state index < -0.39 is 41.0 Å². The summed E-state index contributed by atoms with van der Waals surface area (Å²) in [6.07, 6.45) is 3.60. The first-order valence-electron chi connectivity index (χ1n) is 21.1. The molecule has 390 valence electrons. The lowest BCUT2D eigenvalue weighted by Crippen LogP contribution is -2.57. The minimum atomic E-state index is -0.737. The second-order valence-corrected chi connectivity index (χ2v) is 20.9. The van der Waals surface area contributed by atoms with Gasteiger partial charge in [-0.05, 0) is 112 Å². The SMILES string of the molecule is CN[C@@H](C)C(=O)N[C@H]1CCS[C@H]2CC(C)(C)[C@@H](C(=O)Nc3ccccc3CCc3ccccc3NC(=O)[C@H]3N4C(=O)[C@@H](NC(=S)[C@H](C)NC)CCS[C@H]4CC3(C)C)N2C1=O.S.S.S.S.S.S.S.S. The number of benzene rings is 2. The van der Waals surface area contributed by atoms with Crippen molar-refractivity contribution < 1.29 is 24.0 Å². The number of hydrogen-bond acceptors (Lipinski definition) is 10. The number of carbonyl (C=O) groups is 5. The molecule has 4 fully saturated rings. The predicted octanol–water partition coefficient (Wildman–Crippen LogP) is 5.42. The number of rotatable bonds is 13. The third kappa shape index (κ3) is 16.3. The number of nitrogens with one attached hydrogen (secondary N) is 6. The molecule has 4 heterocycles. The van der Waals surface area contributed by atoms with Gasteiger partial charge in [0.1, 0.15) is 24.2 Å². The first kappa shape index (κ1) is 71.4. The number of thiocarbonyl (C=S) groups is 1. The van der Waals surface area contributed by atoms with Crippen LogP contribution in [-0.4, -0.2) is 117 Å². The fraction of sp³-hybridized carbons (Fsp3) is 0.591. The van der Waals surface area contributed by atoms with Gasteiger partial charge in [-0.15, -0.1) is 23.5 Å². The van der Waals surface area contributed by atoms with Crippen molar-refractivity contribution in [2.24, 2.45) is 10.8 Å². The second-order valence-electron chi connectivity index (χ2n) is 17.8. The maximum atomic E-state index is 14.4. The van der Waals surface area contributed by atoms with E-state index in [0.29, 0.717) is 60.6 Å². The van der Waals surface area contributed by atoms with Crippen LogP contribution in [-0.2, 0) is 36.8 Å². The van der Waals surface area contributed by atoms with E-state index in [4.69, 9.17) is 12.2 Å². The lowest BCUT2D eigenvalue weighted by Gasteiger charge is -2.34. The first-order valence-corrected chi connectivity index (χ1v) is 23.6. The van der Waals surface area contributed by atoms with Gasteiger partial charge < -0.3 is 41.7 Å². The Hall–Kier alpha value is -0.900. The van der Waals surface area contributed by atoms with Crippen molar-refractivity contribution in [1.82, 2.24) is 31.1 Å². The van der Waals surface area contributed by atoms with E-state index in [2.05, 4.69) is 45.7 Å². The van der Waals surface area contributed by atoms with Crippen LogP contribution in [0.4, 0.5) is 11.4 Å². The van der Waals surface area contributed by atoms with Gasteiger partial charge in [0.05, 0.1) is 27.8 Å². The van der Waals surface area contributed by atoms with Gasteiger partial charge in [-0.2, -0.15) is 108 Å². The van der Waals surface area contributed by atoms with Gasteiger partial charge in [0.15, 0.2) is 0 Å². The Morgan fingerprint density at radius 3 is 1.38 bits per heavy atom. The Morgan fingerprint density at radius 2 is 1.00 bits per heavy atom. The molecule has 6 N–H and O–H groups in total. The quantitative estimate of drug-likeness (QED) is 0.142. The van der Waals surface area contributed by atoms with Crippen molar-refractivity contribution in [3.8, 4) is 0 Å². The second kappa shape index (κ2) is 31.0. The summed E-state index contributed by atoms with van der Waals surface area (Å²) in [5.74, 6) is 0.408. The number of amides is 5. The molecule has 68 heavy (non-hydrogen) atoms. The highest BCUT2D eigenvalue weighted by molar-refractivity contribution is 8.00. The highest BCUT2D eigenvalue weighted by atomic mass is 32.2. The summed E-state index contributed by atoms with van der Waals surface area (Å²) < 4.78 is 0. The topological polar surface area (TPSA) is 164 Å². The fourth-order valence-electron chi connectivity index (χ4n) is 8.95. The van der Waals surface area contributed by atoms with Crippen LogP contribution >= 0.6 is 144 Å². The Morgan fingerprint density at radius 1 is 0.632 bits per heavy atom. The van der Waals surface area contributed by atoms with Crippen LogP contribution in [0.15, 0.2) is 48.5 Å². The van der Waals surface area contributed by atoms with Gasteiger partial charge >= 0.3 is 0 Å². The van der Waals surface area contributed by atoms with E-state index in [1.165, 1.54) is 0 Å². The number of carbonyl (C=O) groups excluding carboxylic acids is 5. The number of aryl methyl sites for hydroxylation is 2. The van der Waals surface area contributed by atoms with Gasteiger partial charge in [0.25, 0.3) is 0 Å². The van der Waals surface area contributed by atoms with E-state index in [9.17, 15) is 24.0 Å². The van der Waals surface area contributed by atoms with Gasteiger partial charge in [0.2, 0.25) is 29.5 Å². The molecule has 2 aromatic rings. The highest BCUT2D eigenvalue weighted by Crippen LogP contribution is 2.48. The molecule has 0 radical (unpaired) electrons. The molecular weight excluding hydrogens is 1070 g/mol. The zero-order chi connectivity index (χ0) is 43.5. The molecule has 5 amide bonds. The molecular formula is C44H78N8O5S11. The highest BCUT2D eigenvalue weighted by Gasteiger charge is 2.56. The average molecular weight is 1150 g/mol. The molecule has 4 aliphatic rings. The van der Waals surface area contributed by atoms with Crippen LogP contribution < -0.4 is 31.9 Å². The lowest BCUT2D eigenvalue weighted by molar-refractivity contribution is -0.142. The summed E-state index contributed by atoms with van der Waals surface area (Å²) in [6, 6.07) is 12.2. The van der Waals surface area contributed by atoms with Crippen molar-refractivity contribution in [1.29, 1.82) is 0 Å². The fourth-order valence-corrected chi connectivity index (χ4v) is 12.4. The monoisotopic (exact) mass is 1150 g/mol. The van der Waals surface area contributed by atoms with Crippen molar-refractivity contribution in [3.05, 3.63) is 59.7 Å². The Kier molecular flexibility index (Phi) is 32.5. The minimum Gasteiger partial charge on any atom is -0.367 e. The average Bonchev–Trinajstić information content (AvgIpc) is 3.53. The zero-order valence-corrected chi connectivity index (χ0v) is 50.5. The molecule has 24 heteroatoms. The third-order valence-corrected chi connectivity index (χ3v) is 15.6. The first-order chi connectivity index (χ1) is 28.5. The molecule has 8 atom stereocenters. The van der Waals surface area contributed by atoms with Gasteiger partial charge in [-0.1, -0.05) is 76.3 Å². The summed E-state index contributed by atoms with van der Waals surface area (Å²) in [4.78, 5) is 74.0. The van der Waals surface area contributed by atoms with Gasteiger partial charge in [-0.25, -0.2) is 0 Å². The largest absolute Gasteiger partial charge is 0.367 e. The molecule has 0 saturated carbocycles. The number of anilines is 2. The standard InChI is InChI=1S/C44H62N8O5S3.8H2S/c1-25(45-7)37(53)49-31-19-21-59-33-23-43(3,4)35(51(33)41(31)56)38(54)47-29-15-11-9-13-27(29)17-18-28-14-10-12-16-30(28)48-39(55)36-44(5,6)24-34-52(36)42(57)32(20-22-60-34)50-40(58)26(2)46-8;;;;;;;;/h9-16,25-26,31-36,45-46H,17-24H2,1-8H3,(H,47,54)(H,48,55)(H,49,53)(H,50,58);8*1H2/t25-,26-,31-,32-,33-,34-,35+,36+;;;;;;;;/m0......../s1. The van der Waals surface area contributed by atoms with Crippen molar-refractivity contribution in [3.63, 3.8) is 0 Å². The number of likely N-dealkylation sites (N-methyl/N-ethyl adjacent to an activating group) is 2. The van der Waals surface area contributed by atoms with Crippen LogP contribution in [0.2, 0.25) is 0 Å². The van der Waals surface area contributed by atoms with Crippen molar-refractivity contribution in [2.45, 2.75) is 127 Å². The molecule has 2 aromatic carbocycles. The van der Waals surface area contributed by atoms with Crippen LogP contribution in [0.3, 0.4) is 0 Å². The van der Waals surface area contributed by atoms with Crippen molar-refractivity contribution in [2.75, 3.05) is 36.2 Å². The maximum absolute atomic E-state index is 14.4. The molecule has 13 nitrogen and oxygen atoms in total. The number of para-hydroxylation sites is 2. The zero-order valence-electron chi connectivity index (χ0n) is 40.1. The molecule has 4 aliphatic heterocycles. The Labute approximate surface area is 474 Å². The van der Waals surface area contributed by atoms with Crippen molar-refractivity contribution >= 4 is 190 Å². The summed E-state index contributed by atoms with van der Waals surface area (Å²) >= 11 is 8.99. The number of fused-ring (bicyclic) bond motifs is 2. The molecule has 0 bridgehead atoms. The van der Waals surface area contributed by atoms with Crippen LogP contribution in [0.5, 0.6) is 0 Å². The van der Waals surface area contributed by atoms with E-state index in [-0.39, 0.29) is 154 Å². The van der Waals surface area contributed by atoms with E-state index in [1.54, 1.807) is 47.3 Å². The van der Waals surface area contributed by atoms with E-state index in [0.717, 1.165) is 16.9 Å². The van der Waals surface area contributed by atoms with Crippen LogP contribution in [0.1, 0.15) is 78.4 Å². The van der Waals surface area contributed by atoms with Crippen LogP contribution in [0, 0.1) is 10.8 Å². The third-order valence-electron chi connectivity index (χ3n) is 12.6. The predicted molar refractivity (Wildman–Crippen MR) is 329 cm³/mol. The molecule has 0 aliphatic carbocycles. The van der Waals surface area contributed by atoms with E-state index in [1.807, 2.05) is 76.3 Å². The minimum absolute atomic E-state index is 0. The maximum Gasteiger partial charge on any atom is 0.247 e. The molecule has 6 rings (SSSR count). The lowest BCUT2D eigenvalue weighted by atomic mass is 9.84. The van der Waals surface area contributed by atoms with Crippen LogP contribution in [0.25, 0.3) is 0 Å². The Balaban J connectivity index is -0.00000528. The summed E-state index contributed by atoms with van der Waals surface area (Å²) in [6.45, 7) is 11.9. The molecule has 0 spiro atoms.